The Labute approximate surface area is 174 Å². The van der Waals surface area contributed by atoms with Crippen LogP contribution in [0.15, 0.2) is 29.3 Å². The highest BCUT2D eigenvalue weighted by atomic mass is 16.5. The molecule has 29 heavy (non-hydrogen) atoms. The Balaban J connectivity index is 1.80. The third-order valence-corrected chi connectivity index (χ3v) is 4.84. The predicted octanol–water partition coefficient (Wildman–Crippen LogP) is 2.73. The second-order valence-electron chi connectivity index (χ2n) is 7.92. The predicted molar refractivity (Wildman–Crippen MR) is 117 cm³/mol. The fraction of sp³-hybridized carbons (Fsp3) is 0.636. The van der Waals surface area contributed by atoms with Gasteiger partial charge in [0.15, 0.2) is 5.96 Å². The van der Waals surface area contributed by atoms with Gasteiger partial charge in [-0.3, -0.25) is 9.79 Å². The molecule has 1 aliphatic rings. The lowest BCUT2D eigenvalue weighted by atomic mass is 10.1. The van der Waals surface area contributed by atoms with Gasteiger partial charge in [-0.05, 0) is 30.0 Å². The topological polar surface area (TPSA) is 75.2 Å². The number of carbonyl (C=O) groups is 1. The van der Waals surface area contributed by atoms with E-state index in [1.165, 1.54) is 0 Å². The zero-order valence-electron chi connectivity index (χ0n) is 18.2. The summed E-state index contributed by atoms with van der Waals surface area (Å²) >= 11 is 0. The molecule has 162 valence electrons. The number of carbonyl (C=O) groups excluding carboxylic acids is 1. The Hall–Kier alpha value is -2.12. The van der Waals surface area contributed by atoms with Gasteiger partial charge in [0.25, 0.3) is 0 Å². The average molecular weight is 405 g/mol. The van der Waals surface area contributed by atoms with Crippen LogP contribution in [-0.2, 0) is 20.8 Å². The minimum Gasteiger partial charge on any atom is -0.382 e. The summed E-state index contributed by atoms with van der Waals surface area (Å²) in [7, 11) is 3.50. The summed E-state index contributed by atoms with van der Waals surface area (Å²) in [5.41, 5.74) is 1.94. The van der Waals surface area contributed by atoms with Crippen molar-refractivity contribution in [3.05, 3.63) is 29.8 Å². The van der Waals surface area contributed by atoms with E-state index in [0.717, 1.165) is 43.3 Å². The van der Waals surface area contributed by atoms with Crippen molar-refractivity contribution in [3.8, 4) is 0 Å². The first-order valence-corrected chi connectivity index (χ1v) is 10.4. The molecule has 1 aliphatic heterocycles. The maximum Gasteiger partial charge on any atom is 0.224 e. The molecule has 0 aromatic heterocycles. The van der Waals surface area contributed by atoms with E-state index < -0.39 is 0 Å². The number of anilines is 1. The fourth-order valence-electron chi connectivity index (χ4n) is 3.41. The molecule has 7 heteroatoms. The normalized spacial score (nSPS) is 17.1. The van der Waals surface area contributed by atoms with Crippen LogP contribution in [0.25, 0.3) is 0 Å². The summed E-state index contributed by atoms with van der Waals surface area (Å²) in [4.78, 5) is 18.7. The molecule has 7 nitrogen and oxygen atoms in total. The van der Waals surface area contributed by atoms with Crippen LogP contribution < -0.4 is 10.6 Å². The average Bonchev–Trinajstić information content (AvgIpc) is 3.14. The van der Waals surface area contributed by atoms with Gasteiger partial charge in [0.05, 0.1) is 19.8 Å². The van der Waals surface area contributed by atoms with E-state index in [4.69, 9.17) is 9.47 Å². The van der Waals surface area contributed by atoms with E-state index in [0.29, 0.717) is 38.0 Å². The largest absolute Gasteiger partial charge is 0.382 e. The van der Waals surface area contributed by atoms with E-state index in [-0.39, 0.29) is 5.91 Å². The Morgan fingerprint density at radius 2 is 2.17 bits per heavy atom. The van der Waals surface area contributed by atoms with Crippen LogP contribution in [0.2, 0.25) is 0 Å². The van der Waals surface area contributed by atoms with E-state index >= 15 is 0 Å². The highest BCUT2D eigenvalue weighted by Crippen LogP contribution is 2.17. The smallest absolute Gasteiger partial charge is 0.224 e. The Kier molecular flexibility index (Phi) is 9.94. The number of ether oxygens (including phenoxy) is 2. The molecule has 1 aromatic carbocycles. The molecule has 1 atom stereocenters. The number of hydrogen-bond acceptors (Lipinski definition) is 4. The molecule has 0 radical (unpaired) electrons. The van der Waals surface area contributed by atoms with E-state index in [2.05, 4.69) is 26.6 Å². The summed E-state index contributed by atoms with van der Waals surface area (Å²) in [6, 6.07) is 7.95. The number of nitrogens with zero attached hydrogens (tertiary/aromatic N) is 2. The molecule has 0 bridgehead atoms. The van der Waals surface area contributed by atoms with Crippen molar-refractivity contribution in [1.82, 2.24) is 10.2 Å². The fourth-order valence-corrected chi connectivity index (χ4v) is 3.41. The summed E-state index contributed by atoms with van der Waals surface area (Å²) in [5.74, 6) is 1.82. The first kappa shape index (κ1) is 23.2. The number of aliphatic imine (C=N–C) groups is 1. The Morgan fingerprint density at radius 1 is 1.34 bits per heavy atom. The maximum atomic E-state index is 12.0. The summed E-state index contributed by atoms with van der Waals surface area (Å²) in [6.45, 7) is 8.70. The second kappa shape index (κ2) is 12.4. The standard InChI is InChI=1S/C22H36N4O3/c1-17(2)12-21(27)25-20-7-5-6-18(13-20)14-24-22(23-3)26-9-8-19(15-26)16-29-11-10-28-4/h5-7,13,17,19H,8-12,14-16H2,1-4H3,(H,23,24)(H,25,27). The molecule has 2 rings (SSSR count). The Bertz CT molecular complexity index is 663. The second-order valence-corrected chi connectivity index (χ2v) is 7.92. The molecule has 1 saturated heterocycles. The van der Waals surface area contributed by atoms with Crippen molar-refractivity contribution in [2.75, 3.05) is 52.4 Å². The van der Waals surface area contributed by atoms with Crippen LogP contribution in [0.1, 0.15) is 32.3 Å². The van der Waals surface area contributed by atoms with Crippen molar-refractivity contribution in [2.24, 2.45) is 16.8 Å². The quantitative estimate of drug-likeness (QED) is 0.356. The SMILES string of the molecule is CN=C(NCc1cccc(NC(=O)CC(C)C)c1)N1CCC(COCCOC)C1. The van der Waals surface area contributed by atoms with Crippen molar-refractivity contribution >= 4 is 17.6 Å². The number of guanidine groups is 1. The van der Waals surface area contributed by atoms with Crippen LogP contribution in [0.3, 0.4) is 0 Å². The van der Waals surface area contributed by atoms with Gasteiger partial charge in [-0.2, -0.15) is 0 Å². The number of methoxy groups -OCH3 is 1. The van der Waals surface area contributed by atoms with Gasteiger partial charge in [-0.15, -0.1) is 0 Å². The van der Waals surface area contributed by atoms with E-state index in [1.54, 1.807) is 7.11 Å². The lowest BCUT2D eigenvalue weighted by Gasteiger charge is -2.22. The highest BCUT2D eigenvalue weighted by molar-refractivity contribution is 5.90. The number of benzene rings is 1. The number of amides is 1. The molecule has 2 N–H and O–H groups in total. The molecular formula is C22H36N4O3. The lowest BCUT2D eigenvalue weighted by molar-refractivity contribution is -0.116. The van der Waals surface area contributed by atoms with Gasteiger partial charge in [0.1, 0.15) is 0 Å². The monoisotopic (exact) mass is 404 g/mol. The van der Waals surface area contributed by atoms with Gasteiger partial charge in [-0.1, -0.05) is 26.0 Å². The molecule has 1 fully saturated rings. The van der Waals surface area contributed by atoms with Crippen LogP contribution >= 0.6 is 0 Å². The summed E-state index contributed by atoms with van der Waals surface area (Å²) < 4.78 is 10.7. The van der Waals surface area contributed by atoms with Crippen molar-refractivity contribution in [2.45, 2.75) is 33.2 Å². The molecule has 0 saturated carbocycles. The zero-order chi connectivity index (χ0) is 21.1. The van der Waals surface area contributed by atoms with Crippen molar-refractivity contribution in [1.29, 1.82) is 0 Å². The minimum absolute atomic E-state index is 0.0525. The van der Waals surface area contributed by atoms with Crippen molar-refractivity contribution < 1.29 is 14.3 Å². The van der Waals surface area contributed by atoms with E-state index in [1.807, 2.05) is 39.1 Å². The summed E-state index contributed by atoms with van der Waals surface area (Å²) in [6.07, 6.45) is 1.63. The van der Waals surface area contributed by atoms with Crippen LogP contribution in [0.5, 0.6) is 0 Å². The first-order valence-electron chi connectivity index (χ1n) is 10.4. The molecule has 0 aliphatic carbocycles. The van der Waals surface area contributed by atoms with Crippen LogP contribution in [-0.4, -0.2) is 63.8 Å². The highest BCUT2D eigenvalue weighted by Gasteiger charge is 2.24. The number of likely N-dealkylation sites (tertiary alicyclic amines) is 1. The lowest BCUT2D eigenvalue weighted by Crippen LogP contribution is -2.39. The first-order chi connectivity index (χ1) is 14.0. The van der Waals surface area contributed by atoms with Crippen molar-refractivity contribution in [3.63, 3.8) is 0 Å². The van der Waals surface area contributed by atoms with Gasteiger partial charge in [0.2, 0.25) is 5.91 Å². The Morgan fingerprint density at radius 3 is 2.90 bits per heavy atom. The zero-order valence-corrected chi connectivity index (χ0v) is 18.2. The third kappa shape index (κ3) is 8.41. The van der Waals surface area contributed by atoms with Crippen LogP contribution in [0, 0.1) is 11.8 Å². The maximum absolute atomic E-state index is 12.0. The minimum atomic E-state index is 0.0525. The van der Waals surface area contributed by atoms with Gasteiger partial charge >= 0.3 is 0 Å². The molecule has 1 heterocycles. The number of rotatable bonds is 10. The van der Waals surface area contributed by atoms with E-state index in [9.17, 15) is 4.79 Å². The molecule has 1 amide bonds. The number of nitrogens with one attached hydrogen (secondary N) is 2. The van der Waals surface area contributed by atoms with Gasteiger partial charge < -0.3 is 25.0 Å². The molecule has 1 aromatic rings. The molecule has 0 spiro atoms. The summed E-state index contributed by atoms with van der Waals surface area (Å²) in [5, 5.41) is 6.41. The number of hydrogen-bond donors (Lipinski definition) is 2. The third-order valence-electron chi connectivity index (χ3n) is 4.84. The molecular weight excluding hydrogens is 368 g/mol. The molecule has 1 unspecified atom stereocenters. The van der Waals surface area contributed by atoms with Gasteiger partial charge in [-0.25, -0.2) is 0 Å². The van der Waals surface area contributed by atoms with Crippen LogP contribution in [0.4, 0.5) is 5.69 Å². The van der Waals surface area contributed by atoms with Gasteiger partial charge in [0, 0.05) is 51.8 Å².